The van der Waals surface area contributed by atoms with Gasteiger partial charge in [-0.3, -0.25) is 0 Å². The largest absolute Gasteiger partial charge is 0.421 e. The Morgan fingerprint density at radius 1 is 0.538 bits per heavy atom. The standard InChI is InChI=1S/C16H14N2O.C7H8/c1-11-3-5-13(6-4-11)14-7-9-15(10-8-14)16-18-17-12(2)19-16;1-7-5-3-2-4-6-7/h3-10H,1-2H3;2-6H,1H3. The first-order valence-electron chi connectivity index (χ1n) is 8.61. The molecule has 3 nitrogen and oxygen atoms in total. The van der Waals surface area contributed by atoms with Gasteiger partial charge in [0.15, 0.2) is 0 Å². The zero-order valence-corrected chi connectivity index (χ0v) is 15.3. The van der Waals surface area contributed by atoms with Crippen molar-refractivity contribution < 1.29 is 4.42 Å². The van der Waals surface area contributed by atoms with Crippen LogP contribution in [0.25, 0.3) is 22.6 Å². The number of aromatic nitrogens is 2. The van der Waals surface area contributed by atoms with Gasteiger partial charge in [-0.1, -0.05) is 77.9 Å². The average molecular weight is 342 g/mol. The maximum absolute atomic E-state index is 5.41. The fourth-order valence-electron chi connectivity index (χ4n) is 2.50. The van der Waals surface area contributed by atoms with Gasteiger partial charge >= 0.3 is 0 Å². The molecule has 0 atom stereocenters. The van der Waals surface area contributed by atoms with Gasteiger partial charge in [-0.2, -0.15) is 0 Å². The molecule has 0 unspecified atom stereocenters. The highest BCUT2D eigenvalue weighted by molar-refractivity contribution is 5.67. The minimum Gasteiger partial charge on any atom is -0.421 e. The highest BCUT2D eigenvalue weighted by Crippen LogP contribution is 2.24. The summed E-state index contributed by atoms with van der Waals surface area (Å²) in [4.78, 5) is 0. The SMILES string of the molecule is Cc1ccc(-c2ccc(-c3nnc(C)o3)cc2)cc1.Cc1ccccc1. The molecule has 4 rings (SSSR count). The van der Waals surface area contributed by atoms with Crippen molar-refractivity contribution in [1.29, 1.82) is 0 Å². The molecule has 3 aromatic carbocycles. The summed E-state index contributed by atoms with van der Waals surface area (Å²) < 4.78 is 5.41. The third-order valence-electron chi connectivity index (χ3n) is 3.98. The maximum Gasteiger partial charge on any atom is 0.247 e. The van der Waals surface area contributed by atoms with Gasteiger partial charge in [-0.05, 0) is 37.1 Å². The van der Waals surface area contributed by atoms with Crippen LogP contribution in [0.1, 0.15) is 17.0 Å². The molecule has 0 saturated carbocycles. The predicted molar refractivity (Wildman–Crippen MR) is 106 cm³/mol. The zero-order chi connectivity index (χ0) is 18.4. The number of nitrogens with zero attached hydrogens (tertiary/aromatic N) is 2. The molecule has 0 fully saturated rings. The molecule has 0 aliphatic carbocycles. The minimum atomic E-state index is 0.563. The summed E-state index contributed by atoms with van der Waals surface area (Å²) in [5.41, 5.74) is 5.92. The van der Waals surface area contributed by atoms with E-state index >= 15 is 0 Å². The summed E-state index contributed by atoms with van der Waals surface area (Å²) in [6.45, 7) is 5.96. The van der Waals surface area contributed by atoms with Crippen molar-refractivity contribution >= 4 is 0 Å². The van der Waals surface area contributed by atoms with E-state index in [1.54, 1.807) is 6.92 Å². The molecule has 0 spiro atoms. The topological polar surface area (TPSA) is 38.9 Å². The van der Waals surface area contributed by atoms with E-state index in [2.05, 4.69) is 72.6 Å². The van der Waals surface area contributed by atoms with Crippen LogP contribution < -0.4 is 0 Å². The molecule has 0 amide bonds. The molecule has 0 radical (unpaired) electrons. The Bertz CT molecular complexity index is 940. The molecule has 0 aliphatic rings. The highest BCUT2D eigenvalue weighted by Gasteiger charge is 2.05. The number of rotatable bonds is 2. The lowest BCUT2D eigenvalue weighted by Gasteiger charge is -2.03. The van der Waals surface area contributed by atoms with Crippen molar-refractivity contribution in [3.8, 4) is 22.6 Å². The Morgan fingerprint density at radius 2 is 1.04 bits per heavy atom. The second kappa shape index (κ2) is 8.26. The van der Waals surface area contributed by atoms with Gasteiger partial charge in [0, 0.05) is 12.5 Å². The smallest absolute Gasteiger partial charge is 0.247 e. The summed E-state index contributed by atoms with van der Waals surface area (Å²) >= 11 is 0. The summed E-state index contributed by atoms with van der Waals surface area (Å²) in [7, 11) is 0. The Hall–Kier alpha value is -3.20. The number of hydrogen-bond donors (Lipinski definition) is 0. The van der Waals surface area contributed by atoms with Crippen LogP contribution in [0.3, 0.4) is 0 Å². The molecule has 4 aromatic rings. The van der Waals surface area contributed by atoms with E-state index in [9.17, 15) is 0 Å². The lowest BCUT2D eigenvalue weighted by molar-refractivity contribution is 0.533. The lowest BCUT2D eigenvalue weighted by Crippen LogP contribution is -1.81. The predicted octanol–water partition coefficient (Wildman–Crippen LogP) is 6.02. The Kier molecular flexibility index (Phi) is 5.59. The second-order valence-corrected chi connectivity index (χ2v) is 6.22. The number of aryl methyl sites for hydroxylation is 3. The van der Waals surface area contributed by atoms with Crippen molar-refractivity contribution in [3.63, 3.8) is 0 Å². The minimum absolute atomic E-state index is 0.563. The molecule has 0 N–H and O–H groups in total. The zero-order valence-electron chi connectivity index (χ0n) is 15.3. The van der Waals surface area contributed by atoms with Crippen molar-refractivity contribution in [2.24, 2.45) is 0 Å². The van der Waals surface area contributed by atoms with Crippen LogP contribution in [-0.4, -0.2) is 10.2 Å². The molecule has 0 bridgehead atoms. The second-order valence-electron chi connectivity index (χ2n) is 6.22. The molecule has 0 aliphatic heterocycles. The fourth-order valence-corrected chi connectivity index (χ4v) is 2.50. The molecular weight excluding hydrogens is 320 g/mol. The summed E-state index contributed by atoms with van der Waals surface area (Å²) in [6, 6.07) is 26.9. The summed E-state index contributed by atoms with van der Waals surface area (Å²) in [5, 5.41) is 7.85. The molecule has 26 heavy (non-hydrogen) atoms. The molecule has 130 valence electrons. The third-order valence-corrected chi connectivity index (χ3v) is 3.98. The van der Waals surface area contributed by atoms with Crippen LogP contribution >= 0.6 is 0 Å². The van der Waals surface area contributed by atoms with Gasteiger partial charge in [0.1, 0.15) is 0 Å². The van der Waals surface area contributed by atoms with E-state index in [1.165, 1.54) is 22.3 Å². The fraction of sp³-hybridized carbons (Fsp3) is 0.130. The Labute approximate surface area is 154 Å². The van der Waals surface area contributed by atoms with Gasteiger partial charge in [0.25, 0.3) is 0 Å². The van der Waals surface area contributed by atoms with Crippen molar-refractivity contribution in [2.45, 2.75) is 20.8 Å². The number of benzene rings is 3. The monoisotopic (exact) mass is 342 g/mol. The van der Waals surface area contributed by atoms with Crippen LogP contribution in [0, 0.1) is 20.8 Å². The van der Waals surface area contributed by atoms with Crippen molar-refractivity contribution in [3.05, 3.63) is 95.9 Å². The molecule has 3 heteroatoms. The third kappa shape index (κ3) is 4.67. The maximum atomic E-state index is 5.41. The van der Waals surface area contributed by atoms with Crippen LogP contribution in [0.5, 0.6) is 0 Å². The van der Waals surface area contributed by atoms with Crippen molar-refractivity contribution in [2.75, 3.05) is 0 Å². The van der Waals surface area contributed by atoms with Gasteiger partial charge in [-0.25, -0.2) is 0 Å². The normalized spacial score (nSPS) is 10.1. The first kappa shape index (κ1) is 17.6. The van der Waals surface area contributed by atoms with Crippen LogP contribution in [0.2, 0.25) is 0 Å². The van der Waals surface area contributed by atoms with E-state index in [1.807, 2.05) is 30.3 Å². The van der Waals surface area contributed by atoms with E-state index in [4.69, 9.17) is 4.42 Å². The van der Waals surface area contributed by atoms with E-state index < -0.39 is 0 Å². The van der Waals surface area contributed by atoms with Gasteiger partial charge < -0.3 is 4.42 Å². The van der Waals surface area contributed by atoms with E-state index in [0.29, 0.717) is 11.8 Å². The van der Waals surface area contributed by atoms with E-state index in [0.717, 1.165) is 5.56 Å². The Balaban J connectivity index is 0.000000236. The van der Waals surface area contributed by atoms with Gasteiger partial charge in [0.05, 0.1) is 0 Å². The Morgan fingerprint density at radius 3 is 1.50 bits per heavy atom. The van der Waals surface area contributed by atoms with Gasteiger partial charge in [0.2, 0.25) is 11.8 Å². The number of hydrogen-bond acceptors (Lipinski definition) is 3. The molecular formula is C23H22N2O. The van der Waals surface area contributed by atoms with Crippen molar-refractivity contribution in [1.82, 2.24) is 10.2 Å². The summed E-state index contributed by atoms with van der Waals surface area (Å²) in [6.07, 6.45) is 0. The van der Waals surface area contributed by atoms with Crippen LogP contribution in [0.4, 0.5) is 0 Å². The first-order chi connectivity index (χ1) is 12.6. The lowest BCUT2D eigenvalue weighted by atomic mass is 10.0. The summed E-state index contributed by atoms with van der Waals surface area (Å²) in [5.74, 6) is 1.14. The van der Waals surface area contributed by atoms with Crippen LogP contribution in [0.15, 0.2) is 83.3 Å². The highest BCUT2D eigenvalue weighted by atomic mass is 16.4. The molecule has 1 aromatic heterocycles. The van der Waals surface area contributed by atoms with Crippen LogP contribution in [-0.2, 0) is 0 Å². The molecule has 0 saturated heterocycles. The van der Waals surface area contributed by atoms with Gasteiger partial charge in [-0.15, -0.1) is 10.2 Å². The first-order valence-corrected chi connectivity index (χ1v) is 8.61. The quantitative estimate of drug-likeness (QED) is 0.447. The van der Waals surface area contributed by atoms with E-state index in [-0.39, 0.29) is 0 Å². The molecule has 1 heterocycles. The average Bonchev–Trinajstić information content (AvgIpc) is 3.10.